The van der Waals surface area contributed by atoms with E-state index in [1.165, 1.54) is 127 Å². The van der Waals surface area contributed by atoms with Crippen LogP contribution in [0.2, 0.25) is 0 Å². The van der Waals surface area contributed by atoms with Crippen molar-refractivity contribution in [1.82, 2.24) is 0 Å². The maximum Gasteiger partial charge on any atom is 0.130 e. The first-order chi connectivity index (χ1) is 22.5. The van der Waals surface area contributed by atoms with Gasteiger partial charge in [0.15, 0.2) is 0 Å². The Morgan fingerprint density at radius 3 is 1.22 bits per heavy atom. The van der Waals surface area contributed by atoms with Gasteiger partial charge in [0.2, 0.25) is 0 Å². The van der Waals surface area contributed by atoms with Crippen molar-refractivity contribution in [2.24, 2.45) is 53.3 Å². The van der Waals surface area contributed by atoms with E-state index in [4.69, 9.17) is 18.9 Å². The number of hydrogen-bond donors (Lipinski definition) is 0. The van der Waals surface area contributed by atoms with Gasteiger partial charge in [-0.25, -0.2) is 0 Å². The van der Waals surface area contributed by atoms with Gasteiger partial charge in [0, 0.05) is 22.0 Å². The highest BCUT2D eigenvalue weighted by atomic mass is 16.6. The van der Waals surface area contributed by atoms with Crippen molar-refractivity contribution in [3.05, 3.63) is 22.8 Å². The van der Waals surface area contributed by atoms with Crippen LogP contribution in [-0.2, 0) is 25.7 Å². The Bertz CT molecular complexity index is 1330. The van der Waals surface area contributed by atoms with Gasteiger partial charge in [-0.05, 0) is 186 Å². The van der Waals surface area contributed by atoms with Gasteiger partial charge in [0.25, 0.3) is 0 Å². The molecule has 0 N–H and O–H groups in total. The predicted octanol–water partition coefficient (Wildman–Crippen LogP) is 8.65. The fourth-order valence-corrected chi connectivity index (χ4v) is 16.3. The Kier molecular flexibility index (Phi) is 5.69. The van der Waals surface area contributed by atoms with Gasteiger partial charge < -0.3 is 18.9 Å². The molecule has 14 aliphatic rings. The van der Waals surface area contributed by atoms with Crippen molar-refractivity contribution >= 4 is 0 Å². The van der Waals surface area contributed by atoms with Gasteiger partial charge in [0.1, 0.15) is 36.9 Å². The second-order valence-electron chi connectivity index (χ2n) is 20.1. The summed E-state index contributed by atoms with van der Waals surface area (Å²) in [6, 6.07) is 2.76. The van der Waals surface area contributed by atoms with Crippen LogP contribution in [0.3, 0.4) is 0 Å². The first-order valence-corrected chi connectivity index (χ1v) is 20.2. The van der Waals surface area contributed by atoms with E-state index in [0.29, 0.717) is 17.4 Å². The van der Waals surface area contributed by atoms with Gasteiger partial charge in [-0.2, -0.15) is 0 Å². The minimum absolute atomic E-state index is 0.227. The van der Waals surface area contributed by atoms with Crippen LogP contribution in [0.1, 0.15) is 132 Å². The van der Waals surface area contributed by atoms with Crippen molar-refractivity contribution in [3.63, 3.8) is 0 Å². The quantitative estimate of drug-likeness (QED) is 0.258. The van der Waals surface area contributed by atoms with Crippen LogP contribution in [0.4, 0.5) is 0 Å². The van der Waals surface area contributed by atoms with E-state index in [0.717, 1.165) is 73.1 Å². The molecule has 12 aliphatic carbocycles. The van der Waals surface area contributed by atoms with Crippen LogP contribution in [0.5, 0.6) is 11.5 Å². The molecule has 248 valence electrons. The van der Waals surface area contributed by atoms with E-state index in [2.05, 4.69) is 6.07 Å². The van der Waals surface area contributed by atoms with Crippen molar-refractivity contribution < 1.29 is 18.9 Å². The second kappa shape index (κ2) is 9.49. The number of benzene rings is 1. The minimum atomic E-state index is 0.227. The van der Waals surface area contributed by atoms with Crippen LogP contribution in [-0.4, -0.2) is 38.6 Å². The first-order valence-electron chi connectivity index (χ1n) is 20.2. The Hall–Kier alpha value is -1.26. The molecule has 0 amide bonds. The summed E-state index contributed by atoms with van der Waals surface area (Å²) in [7, 11) is 0. The first kappa shape index (κ1) is 27.5. The number of epoxide rings is 2. The Balaban J connectivity index is 1.11. The summed E-state index contributed by atoms with van der Waals surface area (Å²) in [5.41, 5.74) is 5.95. The summed E-state index contributed by atoms with van der Waals surface area (Å²) < 4.78 is 26.3. The van der Waals surface area contributed by atoms with E-state index in [1.807, 2.05) is 0 Å². The maximum absolute atomic E-state index is 7.50. The zero-order chi connectivity index (χ0) is 29.8. The third kappa shape index (κ3) is 4.16. The van der Waals surface area contributed by atoms with Crippen molar-refractivity contribution in [2.45, 2.75) is 144 Å². The summed E-state index contributed by atoms with van der Waals surface area (Å²) in [6.07, 6.45) is 26.6. The molecule has 2 atom stereocenters. The lowest BCUT2D eigenvalue weighted by Crippen LogP contribution is -2.53. The smallest absolute Gasteiger partial charge is 0.130 e. The molecule has 0 aromatic heterocycles. The average molecular weight is 625 g/mol. The van der Waals surface area contributed by atoms with E-state index in [-0.39, 0.29) is 17.6 Å². The molecule has 46 heavy (non-hydrogen) atoms. The van der Waals surface area contributed by atoms with Gasteiger partial charge in [-0.15, -0.1) is 0 Å². The van der Waals surface area contributed by atoms with Crippen LogP contribution in [0.15, 0.2) is 6.07 Å². The standard InChI is InChI=1S/C42H56O4/c1-24-2-26-3-25(1)12-40(11-24,13-26)35-10-36(45-22-33-20-43-33)38(42-17-30-7-31(18-42)9-32(8-30)19-42)39(46-23-34-21-44-34)37(35)41-14-27-4-28(15-41)6-29(5-27)16-41/h10,24-34H,1-9,11-23H2. The van der Waals surface area contributed by atoms with E-state index in [9.17, 15) is 0 Å². The van der Waals surface area contributed by atoms with Crippen molar-refractivity contribution in [3.8, 4) is 11.5 Å². The molecule has 14 fully saturated rings. The number of hydrogen-bond acceptors (Lipinski definition) is 4. The topological polar surface area (TPSA) is 43.5 Å². The van der Waals surface area contributed by atoms with Crippen LogP contribution in [0.25, 0.3) is 0 Å². The monoisotopic (exact) mass is 624 g/mol. The zero-order valence-corrected chi connectivity index (χ0v) is 28.1. The van der Waals surface area contributed by atoms with E-state index < -0.39 is 0 Å². The molecule has 1 aromatic rings. The fourth-order valence-electron chi connectivity index (χ4n) is 16.3. The van der Waals surface area contributed by atoms with E-state index in [1.54, 1.807) is 16.7 Å². The molecule has 2 saturated heterocycles. The van der Waals surface area contributed by atoms with Crippen molar-refractivity contribution in [2.75, 3.05) is 26.4 Å². The molecule has 15 rings (SSSR count). The van der Waals surface area contributed by atoms with Crippen LogP contribution < -0.4 is 9.47 Å². The zero-order valence-electron chi connectivity index (χ0n) is 28.1. The largest absolute Gasteiger partial charge is 0.490 e. The maximum atomic E-state index is 7.50. The highest BCUT2D eigenvalue weighted by molar-refractivity contribution is 5.63. The lowest BCUT2D eigenvalue weighted by atomic mass is 9.43. The lowest BCUT2D eigenvalue weighted by Gasteiger charge is -2.62. The molecule has 0 radical (unpaired) electrons. The Morgan fingerprint density at radius 2 is 0.826 bits per heavy atom. The molecule has 12 bridgehead atoms. The second-order valence-corrected chi connectivity index (χ2v) is 20.1. The number of rotatable bonds is 9. The molecule has 4 nitrogen and oxygen atoms in total. The summed E-state index contributed by atoms with van der Waals surface area (Å²) in [5, 5.41) is 0. The molecular formula is C42H56O4. The highest BCUT2D eigenvalue weighted by Gasteiger charge is 2.60. The van der Waals surface area contributed by atoms with E-state index >= 15 is 0 Å². The summed E-state index contributed by atoms with van der Waals surface area (Å²) in [5.74, 6) is 10.9. The normalized spacial score (nSPS) is 52.8. The average Bonchev–Trinajstić information content (AvgIpc) is 3.92. The van der Waals surface area contributed by atoms with Gasteiger partial charge in [-0.3, -0.25) is 0 Å². The SMILES string of the molecule is c1c(OCC2CO2)c(C23CC4CC(CC(C4)C2)C3)c(OCC2CO2)c(C23CC4CC(CC(C4)C2)C3)c1C12CC3CC(CC(C3)C1)C2. The fraction of sp³-hybridized carbons (Fsp3) is 0.857. The predicted molar refractivity (Wildman–Crippen MR) is 176 cm³/mol. The summed E-state index contributed by atoms with van der Waals surface area (Å²) in [6.45, 7) is 3.18. The highest BCUT2D eigenvalue weighted by Crippen LogP contribution is 2.70. The van der Waals surface area contributed by atoms with Crippen molar-refractivity contribution in [1.29, 1.82) is 0 Å². The van der Waals surface area contributed by atoms with Gasteiger partial charge in [-0.1, -0.05) is 0 Å². The van der Waals surface area contributed by atoms with Crippen LogP contribution in [0, 0.1) is 53.3 Å². The summed E-state index contributed by atoms with van der Waals surface area (Å²) in [4.78, 5) is 0. The van der Waals surface area contributed by atoms with Gasteiger partial charge in [0.05, 0.1) is 13.2 Å². The third-order valence-electron chi connectivity index (χ3n) is 16.6. The molecule has 1 aromatic carbocycles. The minimum Gasteiger partial charge on any atom is -0.490 e. The molecule has 0 spiro atoms. The Morgan fingerprint density at radius 1 is 0.478 bits per heavy atom. The molecule has 2 heterocycles. The van der Waals surface area contributed by atoms with Crippen LogP contribution >= 0.6 is 0 Å². The molecule has 4 heteroatoms. The molecule has 2 aliphatic heterocycles. The molecule has 2 unspecified atom stereocenters. The molecular weight excluding hydrogens is 568 g/mol. The molecule has 12 saturated carbocycles. The lowest BCUT2D eigenvalue weighted by molar-refractivity contribution is -0.0205. The van der Waals surface area contributed by atoms with Gasteiger partial charge >= 0.3 is 0 Å². The Labute approximate surface area is 276 Å². The third-order valence-corrected chi connectivity index (χ3v) is 16.6. The summed E-state index contributed by atoms with van der Waals surface area (Å²) >= 11 is 0. The number of ether oxygens (including phenoxy) is 4.